The average Bonchev–Trinajstić information content (AvgIpc) is 2.30. The van der Waals surface area contributed by atoms with Crippen LogP contribution in [0.5, 0.6) is 0 Å². The number of hydrazone groups is 1. The van der Waals surface area contributed by atoms with E-state index >= 15 is 0 Å². The van der Waals surface area contributed by atoms with Gasteiger partial charge in [-0.1, -0.05) is 6.07 Å². The van der Waals surface area contributed by atoms with Gasteiger partial charge in [0.1, 0.15) is 0 Å². The third-order valence-electron chi connectivity index (χ3n) is 2.53. The van der Waals surface area contributed by atoms with Crippen molar-refractivity contribution in [2.24, 2.45) is 5.10 Å². The van der Waals surface area contributed by atoms with E-state index in [-0.39, 0.29) is 0 Å². The molecule has 0 bridgehead atoms. The van der Waals surface area contributed by atoms with Gasteiger partial charge < -0.3 is 4.90 Å². The normalized spacial score (nSPS) is 18.6. The zero-order valence-electron chi connectivity index (χ0n) is 9.00. The zero-order valence-corrected chi connectivity index (χ0v) is 9.00. The molecule has 0 aromatic carbocycles. The topological polar surface area (TPSA) is 31.7 Å². The van der Waals surface area contributed by atoms with Crippen LogP contribution < -0.4 is 0 Å². The summed E-state index contributed by atoms with van der Waals surface area (Å²) in [6, 6.07) is 3.93. The van der Waals surface area contributed by atoms with E-state index in [1.165, 1.54) is 0 Å². The SMILES string of the molecule is CN1CCN(/N=C/c2cccnc2)CC1. The summed E-state index contributed by atoms with van der Waals surface area (Å²) in [7, 11) is 2.14. The molecule has 4 nitrogen and oxygen atoms in total. The molecule has 1 aromatic rings. The molecule has 15 heavy (non-hydrogen) atoms. The summed E-state index contributed by atoms with van der Waals surface area (Å²) in [5, 5.41) is 6.53. The summed E-state index contributed by atoms with van der Waals surface area (Å²) >= 11 is 0. The quantitative estimate of drug-likeness (QED) is 0.663. The summed E-state index contributed by atoms with van der Waals surface area (Å²) in [4.78, 5) is 6.36. The first-order valence-electron chi connectivity index (χ1n) is 5.22. The van der Waals surface area contributed by atoms with E-state index in [1.807, 2.05) is 24.5 Å². The Balaban J connectivity index is 1.89. The second kappa shape index (κ2) is 4.89. The molecule has 0 amide bonds. The molecule has 80 valence electrons. The maximum absolute atomic E-state index is 4.43. The molecule has 0 spiro atoms. The van der Waals surface area contributed by atoms with E-state index in [0.717, 1.165) is 31.7 Å². The number of hydrogen-bond acceptors (Lipinski definition) is 4. The fraction of sp³-hybridized carbons (Fsp3) is 0.455. The van der Waals surface area contributed by atoms with Gasteiger partial charge >= 0.3 is 0 Å². The van der Waals surface area contributed by atoms with Crippen LogP contribution in [0.15, 0.2) is 29.6 Å². The molecule has 0 unspecified atom stereocenters. The molecule has 0 aliphatic carbocycles. The minimum absolute atomic E-state index is 1.01. The van der Waals surface area contributed by atoms with Crippen LogP contribution in [-0.2, 0) is 0 Å². The van der Waals surface area contributed by atoms with Crippen LogP contribution in [0.25, 0.3) is 0 Å². The van der Waals surface area contributed by atoms with Crippen LogP contribution in [0.3, 0.4) is 0 Å². The Hall–Kier alpha value is -1.42. The molecule has 4 heteroatoms. The predicted octanol–water partition coefficient (Wildman–Crippen LogP) is 0.663. The number of pyridine rings is 1. The van der Waals surface area contributed by atoms with Crippen molar-refractivity contribution in [3.8, 4) is 0 Å². The maximum Gasteiger partial charge on any atom is 0.0558 e. The average molecular weight is 204 g/mol. The molecular weight excluding hydrogens is 188 g/mol. The molecular formula is C11H16N4. The molecule has 1 saturated heterocycles. The highest BCUT2D eigenvalue weighted by Crippen LogP contribution is 2.00. The lowest BCUT2D eigenvalue weighted by Gasteiger charge is -2.30. The Labute approximate surface area is 90.2 Å². The van der Waals surface area contributed by atoms with Gasteiger partial charge in [0, 0.05) is 44.1 Å². The number of hydrogen-bond donors (Lipinski definition) is 0. The lowest BCUT2D eigenvalue weighted by atomic mass is 10.3. The third-order valence-corrected chi connectivity index (χ3v) is 2.53. The Morgan fingerprint density at radius 3 is 2.80 bits per heavy atom. The van der Waals surface area contributed by atoms with Crippen LogP contribution in [-0.4, -0.2) is 54.3 Å². The van der Waals surface area contributed by atoms with Crippen molar-refractivity contribution < 1.29 is 0 Å². The second-order valence-electron chi connectivity index (χ2n) is 3.79. The van der Waals surface area contributed by atoms with E-state index < -0.39 is 0 Å². The van der Waals surface area contributed by atoms with Crippen molar-refractivity contribution in [1.29, 1.82) is 0 Å². The van der Waals surface area contributed by atoms with E-state index in [1.54, 1.807) is 6.20 Å². The van der Waals surface area contributed by atoms with Crippen molar-refractivity contribution >= 4 is 6.21 Å². The number of piperazine rings is 1. The molecule has 2 rings (SSSR count). The van der Waals surface area contributed by atoms with Gasteiger partial charge in [0.05, 0.1) is 6.21 Å². The summed E-state index contributed by atoms with van der Waals surface area (Å²) in [5.74, 6) is 0. The zero-order chi connectivity index (χ0) is 10.5. The molecule has 1 fully saturated rings. The molecule has 0 radical (unpaired) electrons. The van der Waals surface area contributed by atoms with Gasteiger partial charge in [0.2, 0.25) is 0 Å². The monoisotopic (exact) mass is 204 g/mol. The largest absolute Gasteiger partial charge is 0.303 e. The highest BCUT2D eigenvalue weighted by molar-refractivity contribution is 5.78. The van der Waals surface area contributed by atoms with Crippen LogP contribution >= 0.6 is 0 Å². The first-order valence-corrected chi connectivity index (χ1v) is 5.22. The fourth-order valence-electron chi connectivity index (χ4n) is 1.51. The minimum atomic E-state index is 1.01. The summed E-state index contributed by atoms with van der Waals surface area (Å²) in [5.41, 5.74) is 1.05. The van der Waals surface area contributed by atoms with Gasteiger partial charge in [-0.25, -0.2) is 0 Å². The number of rotatable bonds is 2. The lowest BCUT2D eigenvalue weighted by Crippen LogP contribution is -2.41. The Morgan fingerprint density at radius 1 is 1.33 bits per heavy atom. The van der Waals surface area contributed by atoms with Gasteiger partial charge in [0.25, 0.3) is 0 Å². The minimum Gasteiger partial charge on any atom is -0.303 e. The third kappa shape index (κ3) is 3.02. The number of nitrogens with zero attached hydrogens (tertiary/aromatic N) is 4. The standard InChI is InChI=1S/C11H16N4/c1-14-5-7-15(8-6-14)13-10-11-3-2-4-12-9-11/h2-4,9-10H,5-8H2,1H3/b13-10+. The molecule has 1 aromatic heterocycles. The molecule has 0 N–H and O–H groups in total. The summed E-state index contributed by atoms with van der Waals surface area (Å²) in [6.45, 7) is 4.19. The van der Waals surface area contributed by atoms with Crippen molar-refractivity contribution in [3.05, 3.63) is 30.1 Å². The maximum atomic E-state index is 4.43. The van der Waals surface area contributed by atoms with Gasteiger partial charge in [-0.3, -0.25) is 9.99 Å². The van der Waals surface area contributed by atoms with E-state index in [0.29, 0.717) is 0 Å². The van der Waals surface area contributed by atoms with Gasteiger partial charge in [-0.15, -0.1) is 0 Å². The van der Waals surface area contributed by atoms with Crippen molar-refractivity contribution in [2.75, 3.05) is 33.2 Å². The van der Waals surface area contributed by atoms with Gasteiger partial charge in [-0.2, -0.15) is 5.10 Å². The second-order valence-corrected chi connectivity index (χ2v) is 3.79. The Morgan fingerprint density at radius 2 is 2.13 bits per heavy atom. The highest BCUT2D eigenvalue weighted by Gasteiger charge is 2.10. The van der Waals surface area contributed by atoms with Crippen molar-refractivity contribution in [1.82, 2.24) is 14.9 Å². The summed E-state index contributed by atoms with van der Waals surface area (Å²) < 4.78 is 0. The van der Waals surface area contributed by atoms with Crippen LogP contribution in [0, 0.1) is 0 Å². The van der Waals surface area contributed by atoms with Crippen molar-refractivity contribution in [2.45, 2.75) is 0 Å². The van der Waals surface area contributed by atoms with Gasteiger partial charge in [-0.05, 0) is 13.1 Å². The Kier molecular flexibility index (Phi) is 3.29. The van der Waals surface area contributed by atoms with Crippen LogP contribution in [0.2, 0.25) is 0 Å². The molecule has 1 aliphatic rings. The smallest absolute Gasteiger partial charge is 0.0558 e. The number of aromatic nitrogens is 1. The van der Waals surface area contributed by atoms with Crippen LogP contribution in [0.1, 0.15) is 5.56 Å². The number of likely N-dealkylation sites (N-methyl/N-ethyl adjacent to an activating group) is 1. The predicted molar refractivity (Wildman–Crippen MR) is 60.9 cm³/mol. The molecule has 2 heterocycles. The Bertz CT molecular complexity index is 315. The summed E-state index contributed by atoms with van der Waals surface area (Å²) in [6.07, 6.45) is 5.46. The van der Waals surface area contributed by atoms with E-state index in [2.05, 4.69) is 27.0 Å². The first-order chi connectivity index (χ1) is 7.34. The van der Waals surface area contributed by atoms with Crippen molar-refractivity contribution in [3.63, 3.8) is 0 Å². The van der Waals surface area contributed by atoms with Crippen LogP contribution in [0.4, 0.5) is 0 Å². The lowest BCUT2D eigenvalue weighted by molar-refractivity contribution is 0.159. The molecule has 0 atom stereocenters. The van der Waals surface area contributed by atoms with E-state index in [4.69, 9.17) is 0 Å². The molecule has 1 aliphatic heterocycles. The van der Waals surface area contributed by atoms with Gasteiger partial charge in [0.15, 0.2) is 0 Å². The highest BCUT2D eigenvalue weighted by atomic mass is 15.5. The van der Waals surface area contributed by atoms with E-state index in [9.17, 15) is 0 Å². The fourth-order valence-corrected chi connectivity index (χ4v) is 1.51. The first kappa shape index (κ1) is 10.1. The molecule has 0 saturated carbocycles.